The number of ether oxygens (including phenoxy) is 1. The fourth-order valence-corrected chi connectivity index (χ4v) is 3.92. The maximum Gasteiger partial charge on any atom is 0.261 e. The van der Waals surface area contributed by atoms with Crippen LogP contribution in [0.3, 0.4) is 0 Å². The molecule has 0 aromatic heterocycles. The molecular weight excluding hydrogens is 492 g/mol. The Morgan fingerprint density at radius 3 is 2.28 bits per heavy atom. The molecule has 0 saturated heterocycles. The molecule has 2 rings (SSSR count). The van der Waals surface area contributed by atoms with Gasteiger partial charge in [-0.1, -0.05) is 50.6 Å². The number of rotatable bonds is 11. The van der Waals surface area contributed by atoms with E-state index in [0.29, 0.717) is 23.7 Å². The van der Waals surface area contributed by atoms with Crippen molar-refractivity contribution in [2.45, 2.75) is 65.6 Å². The van der Waals surface area contributed by atoms with Gasteiger partial charge in [-0.2, -0.15) is 0 Å². The molecule has 2 aromatic rings. The Labute approximate surface area is 204 Å². The van der Waals surface area contributed by atoms with Crippen LogP contribution < -0.4 is 10.1 Å². The second kappa shape index (κ2) is 12.9. The van der Waals surface area contributed by atoms with Crippen molar-refractivity contribution in [3.05, 3.63) is 63.1 Å². The van der Waals surface area contributed by atoms with E-state index in [-0.39, 0.29) is 24.5 Å². The highest BCUT2D eigenvalue weighted by Gasteiger charge is 2.29. The lowest BCUT2D eigenvalue weighted by Crippen LogP contribution is -2.51. The van der Waals surface area contributed by atoms with Crippen LogP contribution in [0.4, 0.5) is 0 Å². The molecule has 2 aromatic carbocycles. The first-order chi connectivity index (χ1) is 15.3. The number of aryl methyl sites for hydroxylation is 1. The lowest BCUT2D eigenvalue weighted by Gasteiger charge is -2.31. The van der Waals surface area contributed by atoms with Gasteiger partial charge in [-0.3, -0.25) is 9.59 Å². The van der Waals surface area contributed by atoms with Crippen LogP contribution in [0.2, 0.25) is 5.02 Å². The molecule has 0 aliphatic rings. The molecule has 0 bridgehead atoms. The molecule has 0 spiro atoms. The summed E-state index contributed by atoms with van der Waals surface area (Å²) >= 11 is 9.52. The van der Waals surface area contributed by atoms with Gasteiger partial charge in [-0.05, 0) is 77.5 Å². The zero-order chi connectivity index (χ0) is 23.7. The van der Waals surface area contributed by atoms with Gasteiger partial charge in [-0.25, -0.2) is 0 Å². The maximum absolute atomic E-state index is 13.3. The van der Waals surface area contributed by atoms with E-state index in [4.69, 9.17) is 16.3 Å². The summed E-state index contributed by atoms with van der Waals surface area (Å²) in [5.41, 5.74) is 2.07. The van der Waals surface area contributed by atoms with Gasteiger partial charge in [0.2, 0.25) is 5.91 Å². The Morgan fingerprint density at radius 2 is 1.72 bits per heavy atom. The van der Waals surface area contributed by atoms with Crippen LogP contribution >= 0.6 is 27.5 Å². The first kappa shape index (κ1) is 26.2. The van der Waals surface area contributed by atoms with E-state index in [1.54, 1.807) is 17.0 Å². The van der Waals surface area contributed by atoms with E-state index in [9.17, 15) is 9.59 Å². The van der Waals surface area contributed by atoms with Gasteiger partial charge in [0.15, 0.2) is 6.61 Å². The SMILES string of the molecule is CCc1ccc(OCC(=O)N(Cc2ccc(Cl)cc2)[C@@H](CC)C(=O)N[C@H](C)CC)c(Br)c1. The number of amides is 2. The molecule has 174 valence electrons. The first-order valence-electron chi connectivity index (χ1n) is 11.0. The van der Waals surface area contributed by atoms with E-state index in [0.717, 1.165) is 22.9 Å². The van der Waals surface area contributed by atoms with Crippen molar-refractivity contribution in [2.75, 3.05) is 6.61 Å². The smallest absolute Gasteiger partial charge is 0.261 e. The minimum Gasteiger partial charge on any atom is -0.483 e. The molecule has 7 heteroatoms. The average molecular weight is 524 g/mol. The molecule has 0 aliphatic carbocycles. The standard InChI is InChI=1S/C25H32BrClN2O3/c1-5-17(4)28-25(31)22(7-3)29(15-19-8-11-20(27)12-9-19)24(30)16-32-23-13-10-18(6-2)14-21(23)26/h8-14,17,22H,5-7,15-16H2,1-4H3,(H,28,31)/t17-,22+/m1/s1. The second-order valence-corrected chi connectivity index (χ2v) is 9.09. The van der Waals surface area contributed by atoms with E-state index in [1.807, 2.05) is 51.1 Å². The van der Waals surface area contributed by atoms with Crippen LogP contribution in [0.5, 0.6) is 5.75 Å². The summed E-state index contributed by atoms with van der Waals surface area (Å²) in [5.74, 6) is 0.189. The summed E-state index contributed by atoms with van der Waals surface area (Å²) in [6, 6.07) is 12.5. The fraction of sp³-hybridized carbons (Fsp3) is 0.440. The summed E-state index contributed by atoms with van der Waals surface area (Å²) < 4.78 is 6.62. The third-order valence-corrected chi connectivity index (χ3v) is 6.28. The number of carbonyl (C=O) groups is 2. The van der Waals surface area contributed by atoms with Crippen LogP contribution in [0.1, 0.15) is 51.7 Å². The highest BCUT2D eigenvalue weighted by atomic mass is 79.9. The van der Waals surface area contributed by atoms with Crippen LogP contribution in [0.25, 0.3) is 0 Å². The van der Waals surface area contributed by atoms with Crippen molar-refractivity contribution in [2.24, 2.45) is 0 Å². The Balaban J connectivity index is 2.22. The second-order valence-electron chi connectivity index (χ2n) is 7.80. The van der Waals surface area contributed by atoms with E-state index in [1.165, 1.54) is 5.56 Å². The molecule has 0 aliphatic heterocycles. The van der Waals surface area contributed by atoms with Crippen molar-refractivity contribution in [3.63, 3.8) is 0 Å². The van der Waals surface area contributed by atoms with Gasteiger partial charge in [0.25, 0.3) is 5.91 Å². The summed E-state index contributed by atoms with van der Waals surface area (Å²) in [4.78, 5) is 27.8. The Morgan fingerprint density at radius 1 is 1.06 bits per heavy atom. The minimum absolute atomic E-state index is 0.0355. The molecule has 2 atom stereocenters. The van der Waals surface area contributed by atoms with Crippen LogP contribution in [0.15, 0.2) is 46.9 Å². The Bertz CT molecular complexity index is 905. The van der Waals surface area contributed by atoms with Crippen molar-refractivity contribution in [1.82, 2.24) is 10.2 Å². The topological polar surface area (TPSA) is 58.6 Å². The minimum atomic E-state index is -0.596. The number of benzene rings is 2. The maximum atomic E-state index is 13.3. The number of nitrogens with zero attached hydrogens (tertiary/aromatic N) is 1. The van der Waals surface area contributed by atoms with Gasteiger partial charge < -0.3 is 15.0 Å². The Kier molecular flexibility index (Phi) is 10.5. The molecule has 1 N–H and O–H groups in total. The molecular formula is C25H32BrClN2O3. The van der Waals surface area contributed by atoms with Gasteiger partial charge in [0.1, 0.15) is 11.8 Å². The number of hydrogen-bond acceptors (Lipinski definition) is 3. The molecule has 0 radical (unpaired) electrons. The molecule has 0 unspecified atom stereocenters. The summed E-state index contributed by atoms with van der Waals surface area (Å²) in [5, 5.41) is 3.63. The first-order valence-corrected chi connectivity index (χ1v) is 12.2. The van der Waals surface area contributed by atoms with Crippen LogP contribution in [0, 0.1) is 0 Å². The molecule has 0 saturated carbocycles. The third kappa shape index (κ3) is 7.52. The van der Waals surface area contributed by atoms with E-state index < -0.39 is 6.04 Å². The number of carbonyl (C=O) groups excluding carboxylic acids is 2. The van der Waals surface area contributed by atoms with E-state index in [2.05, 4.69) is 28.2 Å². The quantitative estimate of drug-likeness (QED) is 0.407. The summed E-state index contributed by atoms with van der Waals surface area (Å²) in [6.45, 7) is 8.08. The largest absolute Gasteiger partial charge is 0.483 e. The van der Waals surface area contributed by atoms with Crippen molar-refractivity contribution in [1.29, 1.82) is 0 Å². The summed E-state index contributed by atoms with van der Waals surface area (Å²) in [6.07, 6.45) is 2.23. The van der Waals surface area contributed by atoms with Gasteiger partial charge in [0, 0.05) is 17.6 Å². The zero-order valence-electron chi connectivity index (χ0n) is 19.2. The van der Waals surface area contributed by atoms with Crippen LogP contribution in [-0.2, 0) is 22.6 Å². The average Bonchev–Trinajstić information content (AvgIpc) is 2.78. The number of halogens is 2. The predicted octanol–water partition coefficient (Wildman–Crippen LogP) is 5.77. The number of hydrogen-bond donors (Lipinski definition) is 1. The van der Waals surface area contributed by atoms with Crippen molar-refractivity contribution < 1.29 is 14.3 Å². The van der Waals surface area contributed by atoms with E-state index >= 15 is 0 Å². The highest BCUT2D eigenvalue weighted by Crippen LogP contribution is 2.26. The molecule has 32 heavy (non-hydrogen) atoms. The monoisotopic (exact) mass is 522 g/mol. The molecule has 2 amide bonds. The zero-order valence-corrected chi connectivity index (χ0v) is 21.5. The normalized spacial score (nSPS) is 12.7. The predicted molar refractivity (Wildman–Crippen MR) is 133 cm³/mol. The summed E-state index contributed by atoms with van der Waals surface area (Å²) in [7, 11) is 0. The van der Waals surface area contributed by atoms with Gasteiger partial charge >= 0.3 is 0 Å². The fourth-order valence-electron chi connectivity index (χ4n) is 3.25. The highest BCUT2D eigenvalue weighted by molar-refractivity contribution is 9.10. The Hall–Kier alpha value is -2.05. The molecule has 0 fully saturated rings. The lowest BCUT2D eigenvalue weighted by atomic mass is 10.1. The van der Waals surface area contributed by atoms with Gasteiger partial charge in [0.05, 0.1) is 4.47 Å². The van der Waals surface area contributed by atoms with Crippen LogP contribution in [-0.4, -0.2) is 35.4 Å². The van der Waals surface area contributed by atoms with Gasteiger partial charge in [-0.15, -0.1) is 0 Å². The number of nitrogens with one attached hydrogen (secondary N) is 1. The van der Waals surface area contributed by atoms with Crippen molar-refractivity contribution >= 4 is 39.3 Å². The molecule has 0 heterocycles. The lowest BCUT2D eigenvalue weighted by molar-refractivity contribution is -0.143. The molecule has 5 nitrogen and oxygen atoms in total. The third-order valence-electron chi connectivity index (χ3n) is 5.41. The van der Waals surface area contributed by atoms with Crippen molar-refractivity contribution in [3.8, 4) is 5.75 Å².